The average molecular weight is 298 g/mol. The zero-order valence-electron chi connectivity index (χ0n) is 12.0. The summed E-state index contributed by atoms with van der Waals surface area (Å²) in [5.41, 5.74) is 9.14. The van der Waals surface area contributed by atoms with Crippen LogP contribution in [0.2, 0.25) is 0 Å². The van der Waals surface area contributed by atoms with Crippen LogP contribution in [0.3, 0.4) is 0 Å². The number of nitrogen functional groups attached to an aromatic ring is 1. The highest BCUT2D eigenvalue weighted by Gasteiger charge is 2.43. The van der Waals surface area contributed by atoms with Gasteiger partial charge in [0, 0.05) is 24.8 Å². The van der Waals surface area contributed by atoms with Crippen molar-refractivity contribution in [2.75, 3.05) is 12.3 Å². The Morgan fingerprint density at radius 2 is 2.00 bits per heavy atom. The van der Waals surface area contributed by atoms with Crippen LogP contribution in [0.4, 0.5) is 18.9 Å². The minimum Gasteiger partial charge on any atom is -0.398 e. The molecule has 1 aromatic rings. The van der Waals surface area contributed by atoms with Crippen molar-refractivity contribution in [2.45, 2.75) is 50.9 Å². The van der Waals surface area contributed by atoms with Crippen LogP contribution in [0.1, 0.15) is 36.8 Å². The molecule has 0 aromatic heterocycles. The summed E-state index contributed by atoms with van der Waals surface area (Å²) in [5.74, 6) is -1.13. The third-order valence-corrected chi connectivity index (χ3v) is 4.96. The lowest BCUT2D eigenvalue weighted by molar-refractivity contribution is -0.187. The number of rotatable bonds is 1. The first-order valence-corrected chi connectivity index (χ1v) is 7.62. The minimum atomic E-state index is -4.04. The Morgan fingerprint density at radius 1 is 1.19 bits per heavy atom. The average Bonchev–Trinajstić information content (AvgIpc) is 2.46. The van der Waals surface area contributed by atoms with Crippen LogP contribution in [-0.4, -0.2) is 23.7 Å². The molecule has 2 unspecified atom stereocenters. The molecule has 1 aliphatic heterocycles. The minimum absolute atomic E-state index is 0.0555. The van der Waals surface area contributed by atoms with E-state index in [1.165, 1.54) is 11.1 Å². The van der Waals surface area contributed by atoms with E-state index in [2.05, 4.69) is 4.90 Å². The monoisotopic (exact) mass is 298 g/mol. The third-order valence-electron chi connectivity index (χ3n) is 4.96. The van der Waals surface area contributed by atoms with E-state index >= 15 is 0 Å². The topological polar surface area (TPSA) is 29.3 Å². The van der Waals surface area contributed by atoms with Crippen LogP contribution in [0, 0.1) is 5.92 Å². The maximum Gasteiger partial charge on any atom is 0.391 e. The summed E-state index contributed by atoms with van der Waals surface area (Å²) in [6.07, 6.45) is -1.11. The van der Waals surface area contributed by atoms with Gasteiger partial charge in [-0.2, -0.15) is 13.2 Å². The molecule has 116 valence electrons. The van der Waals surface area contributed by atoms with E-state index in [9.17, 15) is 13.2 Å². The maximum atomic E-state index is 12.9. The number of fused-ring (bicyclic) bond motifs is 1. The van der Waals surface area contributed by atoms with Gasteiger partial charge in [-0.1, -0.05) is 18.6 Å². The van der Waals surface area contributed by atoms with Crippen molar-refractivity contribution in [3.63, 3.8) is 0 Å². The van der Waals surface area contributed by atoms with E-state index in [0.29, 0.717) is 6.42 Å². The Bertz CT molecular complexity index is 513. The van der Waals surface area contributed by atoms with E-state index in [0.717, 1.165) is 31.6 Å². The molecule has 1 aliphatic carbocycles. The summed E-state index contributed by atoms with van der Waals surface area (Å²) in [6, 6.07) is 5.92. The van der Waals surface area contributed by atoms with Crippen molar-refractivity contribution in [3.05, 3.63) is 29.3 Å². The number of halogens is 3. The molecule has 0 spiro atoms. The Morgan fingerprint density at radius 3 is 2.76 bits per heavy atom. The molecular formula is C16H21F3N2. The Balaban J connectivity index is 1.71. The molecule has 1 aromatic carbocycles. The van der Waals surface area contributed by atoms with Gasteiger partial charge in [0.1, 0.15) is 0 Å². The van der Waals surface area contributed by atoms with Crippen molar-refractivity contribution < 1.29 is 13.2 Å². The number of alkyl halides is 3. The highest BCUT2D eigenvalue weighted by molar-refractivity contribution is 5.51. The van der Waals surface area contributed by atoms with E-state index in [1.807, 2.05) is 18.2 Å². The van der Waals surface area contributed by atoms with Crippen LogP contribution in [0.25, 0.3) is 0 Å². The molecule has 5 heteroatoms. The largest absolute Gasteiger partial charge is 0.398 e. The summed E-state index contributed by atoms with van der Waals surface area (Å²) < 4.78 is 38.8. The standard InChI is InChI=1S/C16H21F3N2/c17-16(18,19)12-4-2-5-13(9-12)21-8-7-14-11(10-21)3-1-6-15(14)20/h1,3,6,12-13H,2,4-5,7-10,20H2. The van der Waals surface area contributed by atoms with E-state index in [-0.39, 0.29) is 18.9 Å². The number of nitrogens with zero attached hydrogens (tertiary/aromatic N) is 1. The lowest BCUT2D eigenvalue weighted by Gasteiger charge is -2.40. The third kappa shape index (κ3) is 3.03. The molecule has 2 N–H and O–H groups in total. The van der Waals surface area contributed by atoms with Gasteiger partial charge in [-0.25, -0.2) is 0 Å². The molecule has 1 saturated carbocycles. The van der Waals surface area contributed by atoms with Crippen molar-refractivity contribution in [2.24, 2.45) is 5.92 Å². The van der Waals surface area contributed by atoms with Gasteiger partial charge in [0.25, 0.3) is 0 Å². The zero-order chi connectivity index (χ0) is 15.0. The van der Waals surface area contributed by atoms with Crippen molar-refractivity contribution in [1.82, 2.24) is 4.90 Å². The van der Waals surface area contributed by atoms with Gasteiger partial charge in [0.2, 0.25) is 0 Å². The second-order valence-corrected chi connectivity index (χ2v) is 6.26. The van der Waals surface area contributed by atoms with Crippen molar-refractivity contribution in [1.29, 1.82) is 0 Å². The smallest absolute Gasteiger partial charge is 0.391 e. The van der Waals surface area contributed by atoms with Gasteiger partial charge < -0.3 is 5.73 Å². The first-order valence-electron chi connectivity index (χ1n) is 7.62. The summed E-state index contributed by atoms with van der Waals surface area (Å²) in [4.78, 5) is 2.22. The van der Waals surface area contributed by atoms with Crippen molar-refractivity contribution in [3.8, 4) is 0 Å². The second kappa shape index (κ2) is 5.52. The molecular weight excluding hydrogens is 277 g/mol. The van der Waals surface area contributed by atoms with Gasteiger partial charge in [0.15, 0.2) is 0 Å². The maximum absolute atomic E-state index is 12.9. The van der Waals surface area contributed by atoms with Crippen LogP contribution >= 0.6 is 0 Å². The number of benzene rings is 1. The summed E-state index contributed by atoms with van der Waals surface area (Å²) in [7, 11) is 0. The van der Waals surface area contributed by atoms with Gasteiger partial charge in [0.05, 0.1) is 5.92 Å². The zero-order valence-corrected chi connectivity index (χ0v) is 12.0. The fraction of sp³-hybridized carbons (Fsp3) is 0.625. The van der Waals surface area contributed by atoms with Gasteiger partial charge >= 0.3 is 6.18 Å². The van der Waals surface area contributed by atoms with Crippen LogP contribution < -0.4 is 5.73 Å². The van der Waals surface area contributed by atoms with Gasteiger partial charge in [-0.15, -0.1) is 0 Å². The molecule has 1 fully saturated rings. The molecule has 21 heavy (non-hydrogen) atoms. The first-order chi connectivity index (χ1) is 9.95. The summed E-state index contributed by atoms with van der Waals surface area (Å²) in [6.45, 7) is 1.55. The first kappa shape index (κ1) is 14.7. The fourth-order valence-corrected chi connectivity index (χ4v) is 3.77. The number of hydrogen-bond acceptors (Lipinski definition) is 2. The predicted molar refractivity (Wildman–Crippen MR) is 76.8 cm³/mol. The molecule has 0 saturated heterocycles. The highest BCUT2D eigenvalue weighted by Crippen LogP contribution is 2.40. The summed E-state index contributed by atoms with van der Waals surface area (Å²) >= 11 is 0. The van der Waals surface area contributed by atoms with E-state index < -0.39 is 12.1 Å². The Hall–Kier alpha value is -1.23. The van der Waals surface area contributed by atoms with Crippen molar-refractivity contribution >= 4 is 5.69 Å². The van der Waals surface area contributed by atoms with Gasteiger partial charge in [-0.3, -0.25) is 4.90 Å². The molecule has 0 radical (unpaired) electrons. The fourth-order valence-electron chi connectivity index (χ4n) is 3.77. The van der Waals surface area contributed by atoms with Gasteiger partial charge in [-0.05, 0) is 42.9 Å². The number of nitrogens with two attached hydrogens (primary N) is 1. The molecule has 2 aliphatic rings. The number of hydrogen-bond donors (Lipinski definition) is 1. The summed E-state index contributed by atoms with van der Waals surface area (Å²) in [5, 5.41) is 0. The lowest BCUT2D eigenvalue weighted by atomic mass is 9.83. The molecule has 2 nitrogen and oxygen atoms in total. The van der Waals surface area contributed by atoms with Crippen LogP contribution in [-0.2, 0) is 13.0 Å². The molecule has 0 bridgehead atoms. The predicted octanol–water partition coefficient (Wildman–Crippen LogP) is 3.75. The second-order valence-electron chi connectivity index (χ2n) is 6.26. The van der Waals surface area contributed by atoms with Crippen LogP contribution in [0.5, 0.6) is 0 Å². The SMILES string of the molecule is Nc1cccc2c1CCN(C1CCCC(C(F)(F)F)C1)C2. The lowest BCUT2D eigenvalue weighted by Crippen LogP contribution is -2.44. The molecule has 1 heterocycles. The quantitative estimate of drug-likeness (QED) is 0.800. The molecule has 2 atom stereocenters. The number of anilines is 1. The molecule has 3 rings (SSSR count). The Labute approximate surface area is 123 Å². The molecule has 0 amide bonds. The van der Waals surface area contributed by atoms with E-state index in [4.69, 9.17) is 5.73 Å². The van der Waals surface area contributed by atoms with E-state index in [1.54, 1.807) is 0 Å². The normalized spacial score (nSPS) is 27.4. The highest BCUT2D eigenvalue weighted by atomic mass is 19.4. The Kier molecular flexibility index (Phi) is 3.86. The van der Waals surface area contributed by atoms with Crippen LogP contribution in [0.15, 0.2) is 18.2 Å².